The predicted octanol–water partition coefficient (Wildman–Crippen LogP) is 2.81. The number of rotatable bonds is 0. The Hall–Kier alpha value is -2.49. The van der Waals surface area contributed by atoms with E-state index >= 15 is 0 Å². The summed E-state index contributed by atoms with van der Waals surface area (Å²) in [6, 6.07) is 12.5. The lowest BCUT2D eigenvalue weighted by atomic mass is 10.0. The van der Waals surface area contributed by atoms with Gasteiger partial charge in [-0.05, 0) is 48.7 Å². The van der Waals surface area contributed by atoms with Gasteiger partial charge in [-0.2, -0.15) is 0 Å². The Balaban J connectivity index is 2.01. The predicted molar refractivity (Wildman–Crippen MR) is 76.1 cm³/mol. The second kappa shape index (κ2) is 5.25. The maximum absolute atomic E-state index is 12.3. The van der Waals surface area contributed by atoms with E-state index in [-0.39, 0.29) is 5.97 Å². The van der Waals surface area contributed by atoms with Gasteiger partial charge in [-0.25, -0.2) is 4.79 Å². The van der Waals surface area contributed by atoms with E-state index < -0.39 is 0 Å². The number of ether oxygens (including phenoxy) is 2. The highest BCUT2D eigenvalue weighted by Gasteiger charge is 2.17. The molecule has 0 atom stereocenters. The summed E-state index contributed by atoms with van der Waals surface area (Å²) in [5, 5.41) is 0. The van der Waals surface area contributed by atoms with Crippen LogP contribution < -0.4 is 15.2 Å². The van der Waals surface area contributed by atoms with Crippen molar-refractivity contribution < 1.29 is 14.3 Å². The molecule has 0 amide bonds. The van der Waals surface area contributed by atoms with Crippen LogP contribution in [0, 0.1) is 0 Å². The van der Waals surface area contributed by atoms with E-state index in [4.69, 9.17) is 15.2 Å². The molecule has 0 fully saturated rings. The Morgan fingerprint density at radius 1 is 1.05 bits per heavy atom. The summed E-state index contributed by atoms with van der Waals surface area (Å²) >= 11 is 0. The van der Waals surface area contributed by atoms with Crippen LogP contribution in [-0.2, 0) is 6.42 Å². The van der Waals surface area contributed by atoms with Crippen LogP contribution >= 0.6 is 0 Å². The average molecular weight is 269 g/mol. The fourth-order valence-electron chi connectivity index (χ4n) is 2.27. The number of fused-ring (bicyclic) bond motifs is 2. The third kappa shape index (κ3) is 2.45. The number of esters is 1. The first kappa shape index (κ1) is 12.5. The number of para-hydroxylation sites is 2. The van der Waals surface area contributed by atoms with E-state index in [1.165, 1.54) is 0 Å². The number of hydrogen-bond donors (Lipinski definition) is 1. The van der Waals surface area contributed by atoms with Crippen molar-refractivity contribution in [1.82, 2.24) is 0 Å². The van der Waals surface area contributed by atoms with Crippen molar-refractivity contribution >= 4 is 11.7 Å². The second-order valence-electron chi connectivity index (χ2n) is 4.70. The van der Waals surface area contributed by atoms with E-state index in [0.29, 0.717) is 29.4 Å². The number of aryl methyl sites for hydroxylation is 1. The topological polar surface area (TPSA) is 61.6 Å². The van der Waals surface area contributed by atoms with Crippen LogP contribution in [-0.4, -0.2) is 12.6 Å². The first-order chi connectivity index (χ1) is 9.74. The lowest BCUT2D eigenvalue weighted by Crippen LogP contribution is -2.15. The molecule has 1 aliphatic heterocycles. The van der Waals surface area contributed by atoms with Gasteiger partial charge in [0, 0.05) is 5.69 Å². The molecule has 1 aliphatic rings. The Labute approximate surface area is 117 Å². The molecule has 3 rings (SSSR count). The van der Waals surface area contributed by atoms with Crippen molar-refractivity contribution in [3.05, 3.63) is 53.6 Å². The van der Waals surface area contributed by atoms with Crippen molar-refractivity contribution in [2.24, 2.45) is 0 Å². The maximum atomic E-state index is 12.3. The summed E-state index contributed by atoms with van der Waals surface area (Å²) in [4.78, 5) is 12.3. The average Bonchev–Trinajstić information content (AvgIpc) is 2.45. The highest BCUT2D eigenvalue weighted by atomic mass is 16.6. The van der Waals surface area contributed by atoms with E-state index in [9.17, 15) is 4.79 Å². The SMILES string of the molecule is Nc1ccc2c(c1)CCCOc1ccccc1OC2=O. The van der Waals surface area contributed by atoms with Crippen molar-refractivity contribution in [3.8, 4) is 11.5 Å². The summed E-state index contributed by atoms with van der Waals surface area (Å²) in [6.07, 6.45) is 1.55. The third-order valence-corrected chi connectivity index (χ3v) is 3.25. The van der Waals surface area contributed by atoms with Gasteiger partial charge in [0.1, 0.15) is 0 Å². The van der Waals surface area contributed by atoms with Gasteiger partial charge in [-0.15, -0.1) is 0 Å². The molecule has 1 heterocycles. The number of anilines is 1. The molecule has 2 aromatic rings. The smallest absolute Gasteiger partial charge is 0.343 e. The van der Waals surface area contributed by atoms with Crippen molar-refractivity contribution in [2.45, 2.75) is 12.8 Å². The molecule has 0 radical (unpaired) electrons. The standard InChI is InChI=1S/C16H15NO3/c17-12-7-8-13-11(10-12)4-3-9-19-14-5-1-2-6-15(14)20-16(13)18/h1-2,5-8,10H,3-4,9,17H2. The Morgan fingerprint density at radius 2 is 1.85 bits per heavy atom. The molecule has 2 aromatic carbocycles. The molecule has 0 saturated carbocycles. The fraction of sp³-hybridized carbons (Fsp3) is 0.188. The zero-order valence-electron chi connectivity index (χ0n) is 11.0. The quantitative estimate of drug-likeness (QED) is 0.454. The highest BCUT2D eigenvalue weighted by molar-refractivity contribution is 5.93. The van der Waals surface area contributed by atoms with Gasteiger partial charge in [0.25, 0.3) is 0 Å². The summed E-state index contributed by atoms with van der Waals surface area (Å²) in [6.45, 7) is 0.572. The molecule has 0 spiro atoms. The first-order valence-corrected chi connectivity index (χ1v) is 6.56. The number of hydrogen-bond acceptors (Lipinski definition) is 4. The molecule has 0 aromatic heterocycles. The molecule has 0 aliphatic carbocycles. The monoisotopic (exact) mass is 269 g/mol. The van der Waals surface area contributed by atoms with Crippen LogP contribution in [0.25, 0.3) is 0 Å². The number of nitrogen functional groups attached to an aromatic ring is 1. The number of carbonyl (C=O) groups is 1. The summed E-state index contributed by atoms with van der Waals surface area (Å²) in [7, 11) is 0. The third-order valence-electron chi connectivity index (χ3n) is 3.25. The van der Waals surface area contributed by atoms with Crippen LogP contribution in [0.3, 0.4) is 0 Å². The molecule has 20 heavy (non-hydrogen) atoms. The van der Waals surface area contributed by atoms with Crippen LogP contribution in [0.15, 0.2) is 42.5 Å². The molecular formula is C16H15NO3. The number of nitrogens with two attached hydrogens (primary N) is 1. The van der Waals surface area contributed by atoms with Gasteiger partial charge >= 0.3 is 5.97 Å². The van der Waals surface area contributed by atoms with Crippen LogP contribution in [0.5, 0.6) is 11.5 Å². The van der Waals surface area contributed by atoms with E-state index in [2.05, 4.69) is 0 Å². The number of benzene rings is 2. The van der Waals surface area contributed by atoms with Crippen molar-refractivity contribution in [2.75, 3.05) is 12.3 Å². The van der Waals surface area contributed by atoms with E-state index in [1.54, 1.807) is 24.3 Å². The fourth-order valence-corrected chi connectivity index (χ4v) is 2.27. The van der Waals surface area contributed by atoms with Crippen molar-refractivity contribution in [1.29, 1.82) is 0 Å². The summed E-state index contributed by atoms with van der Waals surface area (Å²) in [5.41, 5.74) is 7.90. The van der Waals surface area contributed by atoms with E-state index in [1.807, 2.05) is 18.2 Å². The number of carbonyl (C=O) groups excluding carboxylic acids is 1. The largest absolute Gasteiger partial charge is 0.490 e. The Kier molecular flexibility index (Phi) is 3.29. The van der Waals surface area contributed by atoms with Gasteiger partial charge in [0.2, 0.25) is 0 Å². The summed E-state index contributed by atoms with van der Waals surface area (Å²) in [5.74, 6) is 0.667. The Bertz CT molecular complexity index is 652. The minimum absolute atomic E-state index is 0.377. The van der Waals surface area contributed by atoms with E-state index in [0.717, 1.165) is 18.4 Å². The lowest BCUT2D eigenvalue weighted by molar-refractivity contribution is 0.0725. The molecule has 4 heteroatoms. The van der Waals surface area contributed by atoms with Gasteiger partial charge in [0.05, 0.1) is 12.2 Å². The molecule has 4 nitrogen and oxygen atoms in total. The van der Waals surface area contributed by atoms with Gasteiger partial charge in [0.15, 0.2) is 11.5 Å². The lowest BCUT2D eigenvalue weighted by Gasteiger charge is -2.16. The molecule has 2 N–H and O–H groups in total. The minimum Gasteiger partial charge on any atom is -0.490 e. The van der Waals surface area contributed by atoms with Gasteiger partial charge in [-0.3, -0.25) is 0 Å². The van der Waals surface area contributed by atoms with Gasteiger partial charge in [-0.1, -0.05) is 12.1 Å². The molecule has 0 bridgehead atoms. The minimum atomic E-state index is -0.377. The summed E-state index contributed by atoms with van der Waals surface area (Å²) < 4.78 is 11.1. The van der Waals surface area contributed by atoms with Gasteiger partial charge < -0.3 is 15.2 Å². The second-order valence-corrected chi connectivity index (χ2v) is 4.70. The maximum Gasteiger partial charge on any atom is 0.343 e. The Morgan fingerprint density at radius 3 is 2.70 bits per heavy atom. The zero-order valence-corrected chi connectivity index (χ0v) is 11.0. The molecule has 102 valence electrons. The zero-order chi connectivity index (χ0) is 13.9. The first-order valence-electron chi connectivity index (χ1n) is 6.56. The van der Waals surface area contributed by atoms with Crippen molar-refractivity contribution in [3.63, 3.8) is 0 Å². The molecular weight excluding hydrogens is 254 g/mol. The molecule has 0 saturated heterocycles. The van der Waals surface area contributed by atoms with Crippen LogP contribution in [0.2, 0.25) is 0 Å². The normalized spacial score (nSPS) is 14.5. The highest BCUT2D eigenvalue weighted by Crippen LogP contribution is 2.29. The van der Waals surface area contributed by atoms with Crippen LogP contribution in [0.4, 0.5) is 5.69 Å². The van der Waals surface area contributed by atoms with Crippen LogP contribution in [0.1, 0.15) is 22.3 Å². The molecule has 0 unspecified atom stereocenters.